The van der Waals surface area contributed by atoms with Gasteiger partial charge in [0.2, 0.25) is 0 Å². The first-order valence-corrected chi connectivity index (χ1v) is 8.91. The summed E-state index contributed by atoms with van der Waals surface area (Å²) < 4.78 is 5.06. The zero-order valence-corrected chi connectivity index (χ0v) is 14.9. The number of ether oxygens (including phenoxy) is 1. The van der Waals surface area contributed by atoms with E-state index in [9.17, 15) is 9.59 Å². The summed E-state index contributed by atoms with van der Waals surface area (Å²) in [5.74, 6) is -0.795. The molecule has 4 nitrogen and oxygen atoms in total. The smallest absolute Gasteiger partial charge is 0.331 e. The van der Waals surface area contributed by atoms with Crippen LogP contribution in [0, 0.1) is 6.92 Å². The number of aryl methyl sites for hydroxylation is 2. The van der Waals surface area contributed by atoms with E-state index in [-0.39, 0.29) is 18.6 Å². The number of hydrogen-bond donors (Lipinski definition) is 1. The first-order valence-electron chi connectivity index (χ1n) is 8.91. The van der Waals surface area contributed by atoms with Crippen LogP contribution in [0.2, 0.25) is 0 Å². The lowest BCUT2D eigenvalue weighted by atomic mass is 9.88. The highest BCUT2D eigenvalue weighted by atomic mass is 16.5. The van der Waals surface area contributed by atoms with Crippen LogP contribution in [0.3, 0.4) is 0 Å². The number of carbonyl (C=O) groups is 2. The maximum atomic E-state index is 12.1. The molecule has 1 N–H and O–H groups in total. The van der Waals surface area contributed by atoms with Gasteiger partial charge in [-0.3, -0.25) is 4.79 Å². The minimum absolute atomic E-state index is 0.00587. The molecule has 0 saturated carbocycles. The maximum absolute atomic E-state index is 12.1. The number of nitrogens with one attached hydrogen (secondary N) is 1. The van der Waals surface area contributed by atoms with Gasteiger partial charge in [0.25, 0.3) is 5.91 Å². The number of esters is 1. The average Bonchev–Trinajstić information content (AvgIpc) is 2.66. The van der Waals surface area contributed by atoms with Crippen LogP contribution >= 0.6 is 0 Å². The molecule has 1 aliphatic carbocycles. The third-order valence-electron chi connectivity index (χ3n) is 4.64. The van der Waals surface area contributed by atoms with E-state index >= 15 is 0 Å². The van der Waals surface area contributed by atoms with Crippen LogP contribution in [0.15, 0.2) is 54.6 Å². The van der Waals surface area contributed by atoms with Crippen molar-refractivity contribution in [3.63, 3.8) is 0 Å². The number of benzene rings is 2. The molecule has 1 aliphatic rings. The van der Waals surface area contributed by atoms with Gasteiger partial charge in [-0.05, 0) is 54.5 Å². The van der Waals surface area contributed by atoms with Crippen LogP contribution in [0.4, 0.5) is 0 Å². The van der Waals surface area contributed by atoms with Crippen molar-refractivity contribution in [2.45, 2.75) is 32.2 Å². The summed E-state index contributed by atoms with van der Waals surface area (Å²) >= 11 is 0. The Bertz CT molecular complexity index is 826. The summed E-state index contributed by atoms with van der Waals surface area (Å²) in [5, 5.41) is 2.97. The topological polar surface area (TPSA) is 55.4 Å². The van der Waals surface area contributed by atoms with Crippen molar-refractivity contribution in [3.8, 4) is 0 Å². The molecular weight excluding hydrogens is 326 g/mol. The monoisotopic (exact) mass is 349 g/mol. The van der Waals surface area contributed by atoms with E-state index in [4.69, 9.17) is 4.74 Å². The summed E-state index contributed by atoms with van der Waals surface area (Å²) in [6, 6.07) is 15.9. The van der Waals surface area contributed by atoms with Gasteiger partial charge >= 0.3 is 5.97 Å². The van der Waals surface area contributed by atoms with E-state index in [0.717, 1.165) is 36.0 Å². The molecule has 0 unspecified atom stereocenters. The second-order valence-electron chi connectivity index (χ2n) is 6.51. The Morgan fingerprint density at radius 1 is 1.15 bits per heavy atom. The quantitative estimate of drug-likeness (QED) is 0.661. The maximum Gasteiger partial charge on any atom is 0.331 e. The van der Waals surface area contributed by atoms with Crippen molar-refractivity contribution in [2.24, 2.45) is 0 Å². The molecule has 0 fully saturated rings. The van der Waals surface area contributed by atoms with Crippen LogP contribution in [-0.2, 0) is 20.7 Å². The second-order valence-corrected chi connectivity index (χ2v) is 6.51. The van der Waals surface area contributed by atoms with Gasteiger partial charge in [0.05, 0.1) is 6.04 Å². The summed E-state index contributed by atoms with van der Waals surface area (Å²) in [7, 11) is 0. The molecule has 1 amide bonds. The SMILES string of the molecule is Cc1ccccc1/C=C/C(=O)OCC(=O)N[C@@H]1CCCc2ccccc21. The largest absolute Gasteiger partial charge is 0.452 e. The molecule has 26 heavy (non-hydrogen) atoms. The predicted octanol–water partition coefficient (Wildman–Crippen LogP) is 3.75. The summed E-state index contributed by atoms with van der Waals surface area (Å²) in [6.45, 7) is 1.70. The Hall–Kier alpha value is -2.88. The average molecular weight is 349 g/mol. The van der Waals surface area contributed by atoms with Gasteiger partial charge in [0.15, 0.2) is 6.61 Å². The van der Waals surface area contributed by atoms with Crippen molar-refractivity contribution in [2.75, 3.05) is 6.61 Å². The van der Waals surface area contributed by atoms with Gasteiger partial charge in [-0.15, -0.1) is 0 Å². The summed E-state index contributed by atoms with van der Waals surface area (Å²) in [6.07, 6.45) is 6.05. The number of fused-ring (bicyclic) bond motifs is 1. The number of carbonyl (C=O) groups excluding carboxylic acids is 2. The van der Waals surface area contributed by atoms with Gasteiger partial charge in [0.1, 0.15) is 0 Å². The molecule has 0 aromatic heterocycles. The van der Waals surface area contributed by atoms with Crippen molar-refractivity contribution < 1.29 is 14.3 Å². The highest BCUT2D eigenvalue weighted by Crippen LogP contribution is 2.29. The Morgan fingerprint density at radius 2 is 1.92 bits per heavy atom. The Morgan fingerprint density at radius 3 is 2.77 bits per heavy atom. The minimum Gasteiger partial charge on any atom is -0.452 e. The van der Waals surface area contributed by atoms with Crippen molar-refractivity contribution >= 4 is 18.0 Å². The van der Waals surface area contributed by atoms with Crippen molar-refractivity contribution in [1.82, 2.24) is 5.32 Å². The van der Waals surface area contributed by atoms with Crippen molar-refractivity contribution in [1.29, 1.82) is 0 Å². The molecule has 2 aromatic rings. The third kappa shape index (κ3) is 4.60. The van der Waals surface area contributed by atoms with Crippen LogP contribution in [0.1, 0.15) is 41.1 Å². The standard InChI is InChI=1S/C22H23NO3/c1-16-7-2-3-8-17(16)13-14-22(25)26-15-21(24)23-20-12-6-10-18-9-4-5-11-19(18)20/h2-5,7-9,11,13-14,20H,6,10,12,15H2,1H3,(H,23,24)/b14-13+/t20-/m1/s1. The van der Waals surface area contributed by atoms with E-state index in [1.807, 2.05) is 43.3 Å². The fourth-order valence-electron chi connectivity index (χ4n) is 3.26. The molecule has 0 heterocycles. The molecule has 0 radical (unpaired) electrons. The second kappa shape index (κ2) is 8.48. The molecule has 0 aliphatic heterocycles. The fraction of sp³-hybridized carbons (Fsp3) is 0.273. The molecule has 3 rings (SSSR count). The van der Waals surface area contributed by atoms with Gasteiger partial charge < -0.3 is 10.1 Å². The number of hydrogen-bond acceptors (Lipinski definition) is 3. The summed E-state index contributed by atoms with van der Waals surface area (Å²) in [4.78, 5) is 24.0. The van der Waals surface area contributed by atoms with Crippen LogP contribution in [-0.4, -0.2) is 18.5 Å². The van der Waals surface area contributed by atoms with Crippen LogP contribution in [0.25, 0.3) is 6.08 Å². The first-order chi connectivity index (χ1) is 12.6. The normalized spacial score (nSPS) is 16.1. The Labute approximate surface area is 153 Å². The number of amides is 1. The molecule has 1 atom stereocenters. The predicted molar refractivity (Wildman–Crippen MR) is 101 cm³/mol. The fourth-order valence-corrected chi connectivity index (χ4v) is 3.26. The lowest BCUT2D eigenvalue weighted by Crippen LogP contribution is -2.34. The van der Waals surface area contributed by atoms with Crippen LogP contribution in [0.5, 0.6) is 0 Å². The van der Waals surface area contributed by atoms with E-state index < -0.39 is 5.97 Å². The zero-order valence-electron chi connectivity index (χ0n) is 14.9. The third-order valence-corrected chi connectivity index (χ3v) is 4.64. The van der Waals surface area contributed by atoms with E-state index in [2.05, 4.69) is 17.4 Å². The van der Waals surface area contributed by atoms with Gasteiger partial charge in [-0.25, -0.2) is 4.79 Å². The molecule has 0 bridgehead atoms. The highest BCUT2D eigenvalue weighted by molar-refractivity contribution is 5.89. The Balaban J connectivity index is 1.50. The van der Waals surface area contributed by atoms with E-state index in [1.54, 1.807) is 6.08 Å². The minimum atomic E-state index is -0.521. The Kier molecular flexibility index (Phi) is 5.84. The van der Waals surface area contributed by atoms with E-state index in [0.29, 0.717) is 0 Å². The zero-order chi connectivity index (χ0) is 18.4. The van der Waals surface area contributed by atoms with Gasteiger partial charge in [-0.1, -0.05) is 48.5 Å². The van der Waals surface area contributed by atoms with Crippen LogP contribution < -0.4 is 5.32 Å². The molecule has 0 spiro atoms. The summed E-state index contributed by atoms with van der Waals surface area (Å²) in [5.41, 5.74) is 4.47. The van der Waals surface area contributed by atoms with Gasteiger partial charge in [-0.2, -0.15) is 0 Å². The molecule has 2 aromatic carbocycles. The molecule has 134 valence electrons. The lowest BCUT2D eigenvalue weighted by molar-refractivity contribution is -0.144. The molecule has 0 saturated heterocycles. The van der Waals surface area contributed by atoms with E-state index in [1.165, 1.54) is 11.6 Å². The first kappa shape index (κ1) is 17.9. The molecular formula is C22H23NO3. The lowest BCUT2D eigenvalue weighted by Gasteiger charge is -2.26. The van der Waals surface area contributed by atoms with Crippen molar-refractivity contribution in [3.05, 3.63) is 76.9 Å². The highest BCUT2D eigenvalue weighted by Gasteiger charge is 2.21. The molecule has 4 heteroatoms. The number of rotatable bonds is 5. The van der Waals surface area contributed by atoms with Gasteiger partial charge in [0, 0.05) is 6.08 Å².